The van der Waals surface area contributed by atoms with Gasteiger partial charge in [0, 0.05) is 6.04 Å². The smallest absolute Gasteiger partial charge is 0.258 e. The molecule has 27 heavy (non-hydrogen) atoms. The summed E-state index contributed by atoms with van der Waals surface area (Å²) in [6.45, 7) is 2.85. The van der Waals surface area contributed by atoms with Crippen LogP contribution >= 0.6 is 0 Å². The standard InChI is InChI=1S/C20H25NO5S/c1-2-3-11-26-19-9-5-4-8-18(19)20(22)21(14-17-7-6-12-25-17)16-10-13-27(23,24)15-16/h4-9,12,16H,2-3,10-11,13-15H2,1H3/t16-/m1/s1. The minimum Gasteiger partial charge on any atom is -0.493 e. The number of ether oxygens (including phenoxy) is 1. The predicted molar refractivity (Wildman–Crippen MR) is 102 cm³/mol. The lowest BCUT2D eigenvalue weighted by molar-refractivity contribution is 0.0661. The van der Waals surface area contributed by atoms with Gasteiger partial charge in [0.1, 0.15) is 11.5 Å². The van der Waals surface area contributed by atoms with E-state index >= 15 is 0 Å². The fourth-order valence-corrected chi connectivity index (χ4v) is 4.94. The third-order valence-corrected chi connectivity index (χ3v) is 6.44. The molecular weight excluding hydrogens is 366 g/mol. The summed E-state index contributed by atoms with van der Waals surface area (Å²) in [7, 11) is -3.12. The maximum absolute atomic E-state index is 13.3. The van der Waals surface area contributed by atoms with Crippen LogP contribution in [0.25, 0.3) is 0 Å². The molecule has 1 saturated heterocycles. The van der Waals surface area contributed by atoms with E-state index in [1.165, 1.54) is 0 Å². The van der Waals surface area contributed by atoms with Gasteiger partial charge in [-0.25, -0.2) is 8.42 Å². The van der Waals surface area contributed by atoms with Crippen LogP contribution in [0.5, 0.6) is 5.75 Å². The SMILES string of the molecule is CCCCOc1ccccc1C(=O)N(Cc1ccco1)[C@@H]1CCS(=O)(=O)C1. The van der Waals surface area contributed by atoms with Gasteiger partial charge in [0.2, 0.25) is 0 Å². The van der Waals surface area contributed by atoms with E-state index in [-0.39, 0.29) is 30.0 Å². The Morgan fingerprint density at radius 3 is 2.74 bits per heavy atom. The van der Waals surface area contributed by atoms with Crippen molar-refractivity contribution in [2.45, 2.75) is 38.8 Å². The second kappa shape index (κ2) is 8.61. The molecule has 3 rings (SSSR count). The molecule has 0 bridgehead atoms. The largest absolute Gasteiger partial charge is 0.493 e. The lowest BCUT2D eigenvalue weighted by atomic mass is 10.1. The van der Waals surface area contributed by atoms with Crippen molar-refractivity contribution >= 4 is 15.7 Å². The minimum absolute atomic E-state index is 0.0156. The first-order chi connectivity index (χ1) is 13.0. The van der Waals surface area contributed by atoms with Crippen molar-refractivity contribution in [3.8, 4) is 5.75 Å². The third-order valence-electron chi connectivity index (χ3n) is 4.69. The van der Waals surface area contributed by atoms with Crippen LogP contribution in [-0.4, -0.2) is 43.4 Å². The monoisotopic (exact) mass is 391 g/mol. The Balaban J connectivity index is 1.87. The number of unbranched alkanes of at least 4 members (excludes halogenated alkanes) is 1. The molecule has 1 fully saturated rings. The molecule has 0 unspecified atom stereocenters. The van der Waals surface area contributed by atoms with Gasteiger partial charge in [-0.05, 0) is 37.1 Å². The van der Waals surface area contributed by atoms with E-state index in [9.17, 15) is 13.2 Å². The first kappa shape index (κ1) is 19.5. The topological polar surface area (TPSA) is 76.8 Å². The molecule has 2 aromatic rings. The van der Waals surface area contributed by atoms with Gasteiger partial charge in [0.05, 0.1) is 36.5 Å². The van der Waals surface area contributed by atoms with E-state index in [1.54, 1.807) is 41.5 Å². The number of nitrogens with zero attached hydrogens (tertiary/aromatic N) is 1. The minimum atomic E-state index is -3.12. The van der Waals surface area contributed by atoms with Gasteiger partial charge in [0.25, 0.3) is 5.91 Å². The summed E-state index contributed by atoms with van der Waals surface area (Å²) in [5, 5.41) is 0. The van der Waals surface area contributed by atoms with Gasteiger partial charge < -0.3 is 14.1 Å². The number of carbonyl (C=O) groups is 1. The summed E-state index contributed by atoms with van der Waals surface area (Å²) in [5.41, 5.74) is 0.449. The van der Waals surface area contributed by atoms with Crippen molar-refractivity contribution < 1.29 is 22.4 Å². The zero-order chi connectivity index (χ0) is 19.3. The van der Waals surface area contributed by atoms with Gasteiger partial charge in [-0.15, -0.1) is 0 Å². The summed E-state index contributed by atoms with van der Waals surface area (Å²) >= 11 is 0. The van der Waals surface area contributed by atoms with Gasteiger partial charge in [-0.3, -0.25) is 4.79 Å². The molecule has 146 valence electrons. The fourth-order valence-electron chi connectivity index (χ4n) is 3.21. The Morgan fingerprint density at radius 1 is 1.26 bits per heavy atom. The van der Waals surface area contributed by atoms with Crippen LogP contribution in [0.3, 0.4) is 0 Å². The summed E-state index contributed by atoms with van der Waals surface area (Å²) in [5.74, 6) is 1.01. The van der Waals surface area contributed by atoms with Crippen LogP contribution in [-0.2, 0) is 16.4 Å². The number of amides is 1. The summed E-state index contributed by atoms with van der Waals surface area (Å²) in [4.78, 5) is 14.9. The van der Waals surface area contributed by atoms with Crippen molar-refractivity contribution in [2.24, 2.45) is 0 Å². The van der Waals surface area contributed by atoms with E-state index < -0.39 is 9.84 Å². The molecule has 1 aliphatic heterocycles. The zero-order valence-electron chi connectivity index (χ0n) is 15.5. The Bertz CT molecular complexity index is 860. The Labute approximate surface area is 160 Å². The molecule has 7 heteroatoms. The molecule has 0 radical (unpaired) electrons. The average molecular weight is 391 g/mol. The summed E-state index contributed by atoms with van der Waals surface area (Å²) in [6.07, 6.45) is 3.89. The number of rotatable bonds is 8. The van der Waals surface area contributed by atoms with Crippen LogP contribution in [0.4, 0.5) is 0 Å². The fraction of sp³-hybridized carbons (Fsp3) is 0.450. The van der Waals surface area contributed by atoms with Gasteiger partial charge in [-0.2, -0.15) is 0 Å². The maximum atomic E-state index is 13.3. The molecule has 1 amide bonds. The highest BCUT2D eigenvalue weighted by atomic mass is 32.2. The predicted octanol–water partition coefficient (Wildman–Crippen LogP) is 3.29. The van der Waals surface area contributed by atoms with Crippen molar-refractivity contribution in [1.82, 2.24) is 4.90 Å². The second-order valence-electron chi connectivity index (χ2n) is 6.77. The number of sulfone groups is 1. The molecule has 1 aliphatic rings. The summed E-state index contributed by atoms with van der Waals surface area (Å²) < 4.78 is 35.1. The Hall–Kier alpha value is -2.28. The van der Waals surface area contributed by atoms with Gasteiger partial charge >= 0.3 is 0 Å². The molecule has 1 aromatic carbocycles. The van der Waals surface area contributed by atoms with E-state index in [0.29, 0.717) is 30.1 Å². The molecule has 1 atom stereocenters. The zero-order valence-corrected chi connectivity index (χ0v) is 16.3. The highest BCUT2D eigenvalue weighted by Gasteiger charge is 2.36. The molecule has 1 aromatic heterocycles. The first-order valence-electron chi connectivity index (χ1n) is 9.26. The maximum Gasteiger partial charge on any atom is 0.258 e. The Kier molecular flexibility index (Phi) is 6.21. The number of carbonyl (C=O) groups excluding carboxylic acids is 1. The van der Waals surface area contributed by atoms with Crippen molar-refractivity contribution in [2.75, 3.05) is 18.1 Å². The van der Waals surface area contributed by atoms with E-state index in [2.05, 4.69) is 6.92 Å². The van der Waals surface area contributed by atoms with Gasteiger partial charge in [-0.1, -0.05) is 25.5 Å². The van der Waals surface area contributed by atoms with Crippen LogP contribution in [0.15, 0.2) is 47.1 Å². The quantitative estimate of drug-likeness (QED) is 0.646. The number of furan rings is 1. The van der Waals surface area contributed by atoms with E-state index in [4.69, 9.17) is 9.15 Å². The molecule has 6 nitrogen and oxygen atoms in total. The van der Waals surface area contributed by atoms with Gasteiger partial charge in [0.15, 0.2) is 9.84 Å². The first-order valence-corrected chi connectivity index (χ1v) is 11.1. The van der Waals surface area contributed by atoms with E-state index in [1.807, 2.05) is 6.07 Å². The Morgan fingerprint density at radius 2 is 2.07 bits per heavy atom. The molecule has 0 aliphatic carbocycles. The lowest BCUT2D eigenvalue weighted by Crippen LogP contribution is -2.40. The number of hydrogen-bond acceptors (Lipinski definition) is 5. The average Bonchev–Trinajstić information content (AvgIpc) is 3.29. The molecule has 0 saturated carbocycles. The molecule has 0 N–H and O–H groups in total. The number of benzene rings is 1. The third kappa shape index (κ3) is 4.91. The lowest BCUT2D eigenvalue weighted by Gasteiger charge is -2.28. The second-order valence-corrected chi connectivity index (χ2v) is 9.00. The molecule has 0 spiro atoms. The summed E-state index contributed by atoms with van der Waals surface area (Å²) in [6, 6.07) is 10.3. The van der Waals surface area contributed by atoms with Crippen LogP contribution in [0.2, 0.25) is 0 Å². The number of hydrogen-bond donors (Lipinski definition) is 0. The van der Waals surface area contributed by atoms with E-state index in [0.717, 1.165) is 12.8 Å². The highest BCUT2D eigenvalue weighted by Crippen LogP contribution is 2.26. The number of para-hydroxylation sites is 1. The van der Waals surface area contributed by atoms with Crippen LogP contribution in [0.1, 0.15) is 42.3 Å². The van der Waals surface area contributed by atoms with Crippen LogP contribution in [0, 0.1) is 0 Å². The van der Waals surface area contributed by atoms with Crippen molar-refractivity contribution in [1.29, 1.82) is 0 Å². The van der Waals surface area contributed by atoms with Crippen molar-refractivity contribution in [3.63, 3.8) is 0 Å². The normalized spacial score (nSPS) is 18.3. The molecular formula is C20H25NO5S. The van der Waals surface area contributed by atoms with Crippen LogP contribution < -0.4 is 4.74 Å². The highest BCUT2D eigenvalue weighted by molar-refractivity contribution is 7.91. The molecule has 2 heterocycles. The van der Waals surface area contributed by atoms with Crippen molar-refractivity contribution in [3.05, 3.63) is 54.0 Å².